The van der Waals surface area contributed by atoms with Gasteiger partial charge in [-0.2, -0.15) is 10.5 Å². The van der Waals surface area contributed by atoms with E-state index in [4.69, 9.17) is 5.73 Å². The van der Waals surface area contributed by atoms with Gasteiger partial charge in [-0.15, -0.1) is 11.8 Å². The molecule has 0 spiro atoms. The number of nitrogens with two attached hydrogens (primary N) is 1. The number of hydrogen-bond donors (Lipinski definition) is 1. The van der Waals surface area contributed by atoms with Crippen LogP contribution in [-0.4, -0.2) is 0 Å². The second-order valence-electron chi connectivity index (χ2n) is 7.16. The fourth-order valence-electron chi connectivity index (χ4n) is 3.70. The monoisotopic (exact) mass is 381 g/mol. The van der Waals surface area contributed by atoms with Gasteiger partial charge in [0.25, 0.3) is 0 Å². The Morgan fingerprint density at radius 3 is 2.04 bits per heavy atom. The predicted octanol–water partition coefficient (Wildman–Crippen LogP) is 5.69. The first kappa shape index (κ1) is 18.2. The smallest absolute Gasteiger partial charge is 0.102 e. The number of thioether (sulfide) groups is 1. The Bertz CT molecular complexity index is 1150. The minimum Gasteiger partial charge on any atom is -0.397 e. The number of aryl methyl sites for hydroxylation is 2. The van der Waals surface area contributed by atoms with Crippen LogP contribution in [0.2, 0.25) is 0 Å². The molecule has 1 aliphatic rings. The molecule has 0 aromatic heterocycles. The van der Waals surface area contributed by atoms with E-state index in [9.17, 15) is 10.5 Å². The molecule has 0 fully saturated rings. The van der Waals surface area contributed by atoms with Crippen molar-refractivity contribution in [3.63, 3.8) is 0 Å². The van der Waals surface area contributed by atoms with Crippen molar-refractivity contribution in [2.24, 2.45) is 0 Å². The summed E-state index contributed by atoms with van der Waals surface area (Å²) in [5, 5.41) is 19.8. The van der Waals surface area contributed by atoms with Crippen molar-refractivity contribution in [1.82, 2.24) is 0 Å². The topological polar surface area (TPSA) is 73.6 Å². The lowest BCUT2D eigenvalue weighted by atomic mass is 9.90. The molecule has 4 heteroatoms. The van der Waals surface area contributed by atoms with E-state index >= 15 is 0 Å². The maximum absolute atomic E-state index is 9.83. The Hall–Kier alpha value is -3.21. The Kier molecular flexibility index (Phi) is 4.59. The summed E-state index contributed by atoms with van der Waals surface area (Å²) in [6, 6.07) is 21.1. The van der Waals surface area contributed by atoms with Crippen LogP contribution in [0.5, 0.6) is 0 Å². The fourth-order valence-corrected chi connectivity index (χ4v) is 5.19. The van der Waals surface area contributed by atoms with Crippen LogP contribution < -0.4 is 5.73 Å². The quantitative estimate of drug-likeness (QED) is 0.579. The van der Waals surface area contributed by atoms with Crippen molar-refractivity contribution >= 4 is 17.4 Å². The molecule has 1 unspecified atom stereocenters. The number of nitrogens with zero attached hydrogens (tertiary/aromatic N) is 2. The summed E-state index contributed by atoms with van der Waals surface area (Å²) < 4.78 is 0. The van der Waals surface area contributed by atoms with Gasteiger partial charge in [-0.25, -0.2) is 0 Å². The van der Waals surface area contributed by atoms with E-state index in [2.05, 4.69) is 43.3 Å². The highest BCUT2D eigenvalue weighted by Gasteiger charge is 2.32. The van der Waals surface area contributed by atoms with Gasteiger partial charge in [0.1, 0.15) is 12.1 Å². The van der Waals surface area contributed by atoms with Crippen LogP contribution in [0.25, 0.3) is 11.1 Å². The molecule has 0 saturated heterocycles. The third-order valence-electron chi connectivity index (χ3n) is 5.25. The molecule has 136 valence electrons. The third-order valence-corrected chi connectivity index (χ3v) is 6.66. The first-order chi connectivity index (χ1) is 13.5. The van der Waals surface area contributed by atoms with Gasteiger partial charge in [-0.3, -0.25) is 0 Å². The first-order valence-corrected chi connectivity index (χ1v) is 10.00. The summed E-state index contributed by atoms with van der Waals surface area (Å²) in [6.07, 6.45) is 0.737. The minimum absolute atomic E-state index is 0.209. The van der Waals surface area contributed by atoms with Gasteiger partial charge in [0.15, 0.2) is 0 Å². The molecular formula is C24H19N3S. The standard InChI is InChI=1S/C24H19N3S/c1-14-3-7-16(8-4-14)21-11-18-19(12-25)23(27)20(13-26)22(24(18)28-21)17-9-5-15(2)6-10-17/h3-10,21H,11,27H2,1-2H3. The summed E-state index contributed by atoms with van der Waals surface area (Å²) in [7, 11) is 0. The second kappa shape index (κ2) is 7.08. The lowest BCUT2D eigenvalue weighted by molar-refractivity contribution is 0.945. The highest BCUT2D eigenvalue weighted by Crippen LogP contribution is 2.53. The Morgan fingerprint density at radius 1 is 0.893 bits per heavy atom. The number of nitrogen functional groups attached to an aromatic ring is 1. The molecule has 1 aliphatic heterocycles. The summed E-state index contributed by atoms with van der Waals surface area (Å²) in [5.41, 5.74) is 13.8. The maximum atomic E-state index is 9.83. The van der Waals surface area contributed by atoms with Gasteiger partial charge >= 0.3 is 0 Å². The van der Waals surface area contributed by atoms with Crippen molar-refractivity contribution in [2.75, 3.05) is 5.73 Å². The van der Waals surface area contributed by atoms with Crippen LogP contribution in [0.4, 0.5) is 5.69 Å². The number of benzene rings is 3. The Labute approximate surface area is 169 Å². The summed E-state index contributed by atoms with van der Waals surface area (Å²) in [5.74, 6) is 0. The van der Waals surface area contributed by atoms with Gasteiger partial charge in [0.05, 0.1) is 16.8 Å². The molecule has 0 radical (unpaired) electrons. The van der Waals surface area contributed by atoms with Crippen LogP contribution >= 0.6 is 11.8 Å². The molecule has 1 heterocycles. The lowest BCUT2D eigenvalue weighted by Gasteiger charge is -2.15. The maximum Gasteiger partial charge on any atom is 0.102 e. The van der Waals surface area contributed by atoms with E-state index in [-0.39, 0.29) is 5.25 Å². The van der Waals surface area contributed by atoms with Crippen LogP contribution in [0, 0.1) is 36.5 Å². The van der Waals surface area contributed by atoms with Gasteiger partial charge in [-0.05, 0) is 37.0 Å². The zero-order chi connectivity index (χ0) is 19.8. The molecule has 28 heavy (non-hydrogen) atoms. The largest absolute Gasteiger partial charge is 0.397 e. The van der Waals surface area contributed by atoms with Gasteiger partial charge in [0, 0.05) is 15.7 Å². The number of hydrogen-bond acceptors (Lipinski definition) is 4. The molecule has 4 rings (SSSR count). The molecule has 2 N–H and O–H groups in total. The van der Waals surface area contributed by atoms with E-state index in [0.29, 0.717) is 16.8 Å². The van der Waals surface area contributed by atoms with Crippen molar-refractivity contribution in [2.45, 2.75) is 30.4 Å². The highest BCUT2D eigenvalue weighted by molar-refractivity contribution is 8.00. The molecule has 3 aromatic carbocycles. The molecular weight excluding hydrogens is 362 g/mol. The lowest BCUT2D eigenvalue weighted by Crippen LogP contribution is -2.03. The van der Waals surface area contributed by atoms with Gasteiger partial charge < -0.3 is 5.73 Å². The SMILES string of the molecule is Cc1ccc(-c2c(C#N)c(N)c(C#N)c3c2SC(c2ccc(C)cc2)C3)cc1. The van der Waals surface area contributed by atoms with E-state index in [0.717, 1.165) is 33.6 Å². The zero-order valence-corrected chi connectivity index (χ0v) is 16.6. The summed E-state index contributed by atoms with van der Waals surface area (Å²) in [4.78, 5) is 1.01. The van der Waals surface area contributed by atoms with Crippen LogP contribution in [-0.2, 0) is 6.42 Å². The van der Waals surface area contributed by atoms with Crippen molar-refractivity contribution in [1.29, 1.82) is 10.5 Å². The van der Waals surface area contributed by atoms with Gasteiger partial charge in [-0.1, -0.05) is 59.7 Å². The molecule has 0 saturated carbocycles. The Morgan fingerprint density at radius 2 is 1.46 bits per heavy atom. The van der Waals surface area contributed by atoms with Gasteiger partial charge in [0.2, 0.25) is 0 Å². The van der Waals surface area contributed by atoms with Crippen LogP contribution in [0.15, 0.2) is 53.4 Å². The molecule has 0 aliphatic carbocycles. The fraction of sp³-hybridized carbons (Fsp3) is 0.167. The number of fused-ring (bicyclic) bond motifs is 1. The molecule has 3 nitrogen and oxygen atoms in total. The third kappa shape index (κ3) is 2.93. The van der Waals surface area contributed by atoms with Crippen molar-refractivity contribution < 1.29 is 0 Å². The van der Waals surface area contributed by atoms with Crippen molar-refractivity contribution in [3.8, 4) is 23.3 Å². The van der Waals surface area contributed by atoms with E-state index in [1.165, 1.54) is 11.1 Å². The highest BCUT2D eigenvalue weighted by atomic mass is 32.2. The van der Waals surface area contributed by atoms with Crippen LogP contribution in [0.1, 0.15) is 38.6 Å². The molecule has 0 bridgehead atoms. The molecule has 3 aromatic rings. The molecule has 0 amide bonds. The predicted molar refractivity (Wildman–Crippen MR) is 114 cm³/mol. The van der Waals surface area contributed by atoms with E-state index in [1.54, 1.807) is 11.8 Å². The Balaban J connectivity index is 1.93. The molecule has 1 atom stereocenters. The summed E-state index contributed by atoms with van der Waals surface area (Å²) in [6.45, 7) is 4.11. The first-order valence-electron chi connectivity index (χ1n) is 9.12. The van der Waals surface area contributed by atoms with E-state index in [1.807, 2.05) is 31.2 Å². The number of nitriles is 2. The number of anilines is 1. The summed E-state index contributed by atoms with van der Waals surface area (Å²) >= 11 is 1.73. The average Bonchev–Trinajstić information content (AvgIpc) is 3.13. The van der Waals surface area contributed by atoms with Crippen molar-refractivity contribution in [3.05, 3.63) is 81.9 Å². The minimum atomic E-state index is 0.209. The van der Waals surface area contributed by atoms with E-state index < -0.39 is 0 Å². The zero-order valence-electron chi connectivity index (χ0n) is 15.8. The normalized spacial score (nSPS) is 14.9. The number of rotatable bonds is 2. The second-order valence-corrected chi connectivity index (χ2v) is 8.37. The van der Waals surface area contributed by atoms with Crippen LogP contribution in [0.3, 0.4) is 0 Å². The average molecular weight is 382 g/mol.